The maximum absolute atomic E-state index is 2.56. The zero-order valence-electron chi connectivity index (χ0n) is 18.4. The van der Waals surface area contributed by atoms with E-state index < -0.39 is 0 Å². The van der Waals surface area contributed by atoms with Crippen LogP contribution >= 0.6 is 0 Å². The lowest BCUT2D eigenvalue weighted by molar-refractivity contribution is 0.548. The van der Waals surface area contributed by atoms with Crippen molar-refractivity contribution in [1.82, 2.24) is 0 Å². The molecule has 0 aromatic carbocycles. The molecule has 5 aliphatic rings. The van der Waals surface area contributed by atoms with Gasteiger partial charge in [0.2, 0.25) is 0 Å². The molecule has 142 valence electrons. The molecule has 0 saturated carbocycles. The summed E-state index contributed by atoms with van der Waals surface area (Å²) in [4.78, 5) is 0. The Morgan fingerprint density at radius 3 is 1.81 bits per heavy atom. The monoisotopic (exact) mass is 358 g/mol. The highest BCUT2D eigenvalue weighted by atomic mass is 14.6. The van der Waals surface area contributed by atoms with Crippen molar-refractivity contribution < 1.29 is 0 Å². The molecular formula is C27H34. The molecule has 0 fully saturated rings. The highest BCUT2D eigenvalue weighted by molar-refractivity contribution is 5.79. The number of fused-ring (bicyclic) bond motifs is 3. The summed E-state index contributed by atoms with van der Waals surface area (Å²) in [5.41, 5.74) is 17.0. The van der Waals surface area contributed by atoms with E-state index in [-0.39, 0.29) is 10.8 Å². The van der Waals surface area contributed by atoms with Gasteiger partial charge in [0.1, 0.15) is 0 Å². The summed E-state index contributed by atoms with van der Waals surface area (Å²) in [5.74, 6) is 1.32. The van der Waals surface area contributed by atoms with Gasteiger partial charge in [-0.05, 0) is 75.7 Å². The molecule has 0 spiro atoms. The smallest absolute Gasteiger partial charge is 0.0158 e. The van der Waals surface area contributed by atoms with E-state index in [0.29, 0.717) is 11.8 Å². The number of hydrogen-bond acceptors (Lipinski definition) is 0. The summed E-state index contributed by atoms with van der Waals surface area (Å²) in [6, 6.07) is 0. The summed E-state index contributed by atoms with van der Waals surface area (Å²) < 4.78 is 0. The van der Waals surface area contributed by atoms with Gasteiger partial charge in [-0.3, -0.25) is 0 Å². The standard InChI is InChI=1S/C27H34/c1-14(2)16-9-18-12-21-23(19(18)10-16)27(7,8)24-20-11-17(15(3)4)13-22(20)26(5,6)25(21)24/h9,13-15H,10-12H2,1-8H3. The van der Waals surface area contributed by atoms with E-state index in [9.17, 15) is 0 Å². The molecule has 0 N–H and O–H groups in total. The van der Waals surface area contributed by atoms with Gasteiger partial charge in [0.05, 0.1) is 0 Å². The quantitative estimate of drug-likeness (QED) is 0.476. The fourth-order valence-corrected chi connectivity index (χ4v) is 6.60. The number of allylic oxidation sites excluding steroid dienone is 12. The van der Waals surface area contributed by atoms with Crippen LogP contribution in [0.5, 0.6) is 0 Å². The van der Waals surface area contributed by atoms with Crippen LogP contribution in [0.2, 0.25) is 0 Å². The van der Waals surface area contributed by atoms with E-state index in [1.807, 2.05) is 0 Å². The molecule has 0 heterocycles. The number of rotatable bonds is 2. The molecule has 0 saturated heterocycles. The third-order valence-electron chi connectivity index (χ3n) is 8.02. The maximum Gasteiger partial charge on any atom is 0.0158 e. The predicted molar refractivity (Wildman–Crippen MR) is 115 cm³/mol. The molecule has 0 unspecified atom stereocenters. The van der Waals surface area contributed by atoms with Crippen molar-refractivity contribution in [2.45, 2.75) is 74.7 Å². The fourth-order valence-electron chi connectivity index (χ4n) is 6.60. The van der Waals surface area contributed by atoms with E-state index in [0.717, 1.165) is 0 Å². The molecule has 0 bridgehead atoms. The topological polar surface area (TPSA) is 0 Å². The summed E-state index contributed by atoms with van der Waals surface area (Å²) in [7, 11) is 0. The van der Waals surface area contributed by atoms with Crippen molar-refractivity contribution in [3.63, 3.8) is 0 Å². The Labute approximate surface area is 165 Å². The average Bonchev–Trinajstić information content (AvgIpc) is 3.26. The molecule has 0 aromatic heterocycles. The first kappa shape index (κ1) is 17.5. The first-order valence-corrected chi connectivity index (χ1v) is 10.9. The van der Waals surface area contributed by atoms with Crippen molar-refractivity contribution in [1.29, 1.82) is 0 Å². The zero-order valence-corrected chi connectivity index (χ0v) is 18.4. The fraction of sp³-hybridized carbons (Fsp3) is 0.556. The van der Waals surface area contributed by atoms with E-state index in [2.05, 4.69) is 67.5 Å². The lowest BCUT2D eigenvalue weighted by atomic mass is 9.74. The largest absolute Gasteiger partial charge is 0.0630 e. The Bertz CT molecular complexity index is 971. The van der Waals surface area contributed by atoms with Gasteiger partial charge in [0.15, 0.2) is 0 Å². The Morgan fingerprint density at radius 2 is 1.19 bits per heavy atom. The van der Waals surface area contributed by atoms with Crippen molar-refractivity contribution in [3.05, 3.63) is 67.9 Å². The number of hydrogen-bond donors (Lipinski definition) is 0. The van der Waals surface area contributed by atoms with E-state index in [4.69, 9.17) is 0 Å². The summed E-state index contributed by atoms with van der Waals surface area (Å²) in [5, 5.41) is 0. The summed E-state index contributed by atoms with van der Waals surface area (Å²) in [6.07, 6.45) is 8.64. The van der Waals surface area contributed by atoms with Crippen molar-refractivity contribution in [2.75, 3.05) is 0 Å². The van der Waals surface area contributed by atoms with Gasteiger partial charge in [-0.15, -0.1) is 0 Å². The molecule has 0 heteroatoms. The molecule has 0 aliphatic heterocycles. The van der Waals surface area contributed by atoms with E-state index in [1.54, 1.807) is 55.7 Å². The second-order valence-corrected chi connectivity index (χ2v) is 11.0. The van der Waals surface area contributed by atoms with Crippen LogP contribution in [0.15, 0.2) is 67.9 Å². The molecule has 0 amide bonds. The van der Waals surface area contributed by atoms with Crippen LogP contribution in [0, 0.1) is 22.7 Å². The lowest BCUT2D eigenvalue weighted by Crippen LogP contribution is -2.17. The van der Waals surface area contributed by atoms with Crippen LogP contribution < -0.4 is 0 Å². The third kappa shape index (κ3) is 2.00. The summed E-state index contributed by atoms with van der Waals surface area (Å²) >= 11 is 0. The molecule has 0 radical (unpaired) electrons. The highest BCUT2D eigenvalue weighted by Crippen LogP contribution is 2.69. The van der Waals surface area contributed by atoms with E-state index in [1.165, 1.54) is 19.3 Å². The second-order valence-electron chi connectivity index (χ2n) is 11.0. The first-order chi connectivity index (χ1) is 12.5. The van der Waals surface area contributed by atoms with E-state index >= 15 is 0 Å². The second kappa shape index (κ2) is 5.07. The van der Waals surface area contributed by atoms with Gasteiger partial charge >= 0.3 is 0 Å². The van der Waals surface area contributed by atoms with Crippen LogP contribution in [0.4, 0.5) is 0 Å². The minimum absolute atomic E-state index is 0.163. The van der Waals surface area contributed by atoms with Gasteiger partial charge in [-0.2, -0.15) is 0 Å². The molecule has 0 aromatic rings. The normalized spacial score (nSPS) is 27.2. The van der Waals surface area contributed by atoms with Gasteiger partial charge in [0, 0.05) is 10.8 Å². The van der Waals surface area contributed by atoms with Gasteiger partial charge < -0.3 is 0 Å². The Morgan fingerprint density at radius 1 is 0.630 bits per heavy atom. The van der Waals surface area contributed by atoms with Crippen molar-refractivity contribution >= 4 is 0 Å². The van der Waals surface area contributed by atoms with Crippen LogP contribution in [-0.2, 0) is 0 Å². The predicted octanol–water partition coefficient (Wildman–Crippen LogP) is 7.63. The van der Waals surface area contributed by atoms with Gasteiger partial charge in [-0.25, -0.2) is 0 Å². The first-order valence-electron chi connectivity index (χ1n) is 10.9. The molecule has 27 heavy (non-hydrogen) atoms. The molecular weight excluding hydrogens is 324 g/mol. The zero-order chi connectivity index (χ0) is 19.5. The maximum atomic E-state index is 2.56. The van der Waals surface area contributed by atoms with Gasteiger partial charge in [0.25, 0.3) is 0 Å². The third-order valence-corrected chi connectivity index (χ3v) is 8.02. The molecule has 0 nitrogen and oxygen atoms in total. The minimum atomic E-state index is 0.163. The van der Waals surface area contributed by atoms with Crippen LogP contribution in [0.1, 0.15) is 74.7 Å². The van der Waals surface area contributed by atoms with Crippen LogP contribution in [-0.4, -0.2) is 0 Å². The molecule has 0 atom stereocenters. The minimum Gasteiger partial charge on any atom is -0.0630 e. The lowest BCUT2D eigenvalue weighted by Gasteiger charge is -2.29. The molecule has 5 rings (SSSR count). The van der Waals surface area contributed by atoms with Crippen molar-refractivity contribution in [2.24, 2.45) is 22.7 Å². The Balaban J connectivity index is 1.58. The molecule has 5 aliphatic carbocycles. The van der Waals surface area contributed by atoms with Crippen LogP contribution in [0.3, 0.4) is 0 Å². The Hall–Kier alpha value is -1.56. The Kier molecular flexibility index (Phi) is 3.30. The SMILES string of the molecule is CC(C)C1=CC2=C(C1)C1=C(C2)C2=C(C3=C(C=C(C(C)C)C3)C2(C)C)C1(C)C. The highest BCUT2D eigenvalue weighted by Gasteiger charge is 2.55. The van der Waals surface area contributed by atoms with Gasteiger partial charge in [-0.1, -0.05) is 78.7 Å². The van der Waals surface area contributed by atoms with Crippen LogP contribution in [0.25, 0.3) is 0 Å². The summed E-state index contributed by atoms with van der Waals surface area (Å²) in [6.45, 7) is 19.4. The van der Waals surface area contributed by atoms with Crippen molar-refractivity contribution in [3.8, 4) is 0 Å². The average molecular weight is 359 g/mol.